The summed E-state index contributed by atoms with van der Waals surface area (Å²) in [6.45, 7) is 0.560. The number of phenols is 2. The van der Waals surface area contributed by atoms with Crippen molar-refractivity contribution in [2.45, 2.75) is 62.4 Å². The van der Waals surface area contributed by atoms with E-state index in [1.807, 2.05) is 0 Å². The molecule has 12 heteroatoms. The van der Waals surface area contributed by atoms with Crippen LogP contribution in [0.5, 0.6) is 17.2 Å². The van der Waals surface area contributed by atoms with Crippen molar-refractivity contribution in [3.05, 3.63) is 51.6 Å². The fourth-order valence-corrected chi connectivity index (χ4v) is 5.75. The number of ketones is 3. The van der Waals surface area contributed by atoms with Gasteiger partial charge in [0.2, 0.25) is 5.78 Å². The molecule has 1 saturated heterocycles. The molecule has 2 aromatic rings. The van der Waals surface area contributed by atoms with Crippen LogP contribution in [0.1, 0.15) is 68.8 Å². The second-order valence-electron chi connectivity index (χ2n) is 10.2. The first-order chi connectivity index (χ1) is 18.4. The minimum Gasteiger partial charge on any atom is -0.507 e. The third-order valence-electron chi connectivity index (χ3n) is 7.81. The van der Waals surface area contributed by atoms with Crippen LogP contribution in [0.2, 0.25) is 0 Å². The van der Waals surface area contributed by atoms with Gasteiger partial charge in [-0.15, -0.1) is 0 Å². The zero-order chi connectivity index (χ0) is 28.4. The third-order valence-corrected chi connectivity index (χ3v) is 7.81. The molecule has 3 aliphatic rings. The Morgan fingerprint density at radius 2 is 1.85 bits per heavy atom. The first-order valence-corrected chi connectivity index (χ1v) is 12.4. The standard InChI is InChI=1S/C27H29NO11/c1-10-22(31)13(28)6-17(38-10)39-15-8-27(36,16(30)9-29)7-12-19(15)26(35)21-20(24(12)33)23(32)11-4-3-5-14(37-2)18(11)25(21)34/h3-5,10,13,15,17,22,29,31,33,35-36H,6-9,28H2,1-2H3/t10-,13-,15+,17-,22-,27+/m0/s1. The van der Waals surface area contributed by atoms with E-state index in [9.17, 15) is 39.9 Å². The molecule has 0 radical (unpaired) electrons. The summed E-state index contributed by atoms with van der Waals surface area (Å²) in [5, 5.41) is 53.7. The number of methoxy groups -OCH3 is 1. The van der Waals surface area contributed by atoms with Crippen LogP contribution in [-0.2, 0) is 20.7 Å². The maximum atomic E-state index is 13.6. The molecule has 2 aromatic carbocycles. The molecule has 0 amide bonds. The number of benzene rings is 2. The SMILES string of the molecule is COc1cccc2c1C(=O)c1c(O)c3c(c(O)c1C2=O)C[C@](O)(C(=O)CO)C[C@H]3O[C@H]1C[C@H](N)[C@@H](O)[C@H](C)O1. The second kappa shape index (κ2) is 9.66. The Morgan fingerprint density at radius 3 is 2.49 bits per heavy atom. The van der Waals surface area contributed by atoms with Crippen molar-refractivity contribution >= 4 is 17.3 Å². The summed E-state index contributed by atoms with van der Waals surface area (Å²) in [5.74, 6) is -3.77. The zero-order valence-electron chi connectivity index (χ0n) is 21.2. The summed E-state index contributed by atoms with van der Waals surface area (Å²) in [6.07, 6.45) is -5.12. The van der Waals surface area contributed by atoms with Gasteiger partial charge in [-0.3, -0.25) is 14.4 Å². The Bertz CT molecular complexity index is 1380. The van der Waals surface area contributed by atoms with Crippen molar-refractivity contribution in [1.29, 1.82) is 0 Å². The summed E-state index contributed by atoms with van der Waals surface area (Å²) in [5.41, 5.74) is 2.37. The first-order valence-electron chi connectivity index (χ1n) is 12.4. The fraction of sp³-hybridized carbons (Fsp3) is 0.444. The zero-order valence-corrected chi connectivity index (χ0v) is 21.2. The smallest absolute Gasteiger partial charge is 0.202 e. The molecular formula is C27H29NO11. The van der Waals surface area contributed by atoms with Gasteiger partial charge in [-0.2, -0.15) is 0 Å². The van der Waals surface area contributed by atoms with Crippen LogP contribution in [0.25, 0.3) is 0 Å². The van der Waals surface area contributed by atoms with Crippen molar-refractivity contribution < 1.29 is 54.1 Å². The predicted molar refractivity (Wildman–Crippen MR) is 132 cm³/mol. The Kier molecular flexibility index (Phi) is 6.74. The Labute approximate surface area is 222 Å². The molecule has 0 bridgehead atoms. The Balaban J connectivity index is 1.69. The molecule has 1 aliphatic heterocycles. The van der Waals surface area contributed by atoms with E-state index >= 15 is 0 Å². The first kappa shape index (κ1) is 27.2. The molecule has 12 nitrogen and oxygen atoms in total. The molecule has 7 N–H and O–H groups in total. The Hall–Kier alpha value is -3.39. The van der Waals surface area contributed by atoms with Crippen molar-refractivity contribution in [3.8, 4) is 17.2 Å². The molecule has 0 unspecified atom stereocenters. The molecule has 0 saturated carbocycles. The number of fused-ring (bicyclic) bond motifs is 3. The number of hydrogen-bond donors (Lipinski definition) is 6. The highest BCUT2D eigenvalue weighted by Crippen LogP contribution is 2.52. The van der Waals surface area contributed by atoms with E-state index in [1.165, 1.54) is 25.3 Å². The summed E-state index contributed by atoms with van der Waals surface area (Å²) in [7, 11) is 1.32. The fourth-order valence-electron chi connectivity index (χ4n) is 5.75. The predicted octanol–water partition coefficient (Wildman–Crippen LogP) is 0.00130. The largest absolute Gasteiger partial charge is 0.507 e. The number of nitrogens with two attached hydrogens (primary N) is 1. The van der Waals surface area contributed by atoms with E-state index in [0.717, 1.165) is 0 Å². The minimum atomic E-state index is -2.24. The number of carbonyl (C=O) groups is 3. The van der Waals surface area contributed by atoms with Crippen molar-refractivity contribution in [1.82, 2.24) is 0 Å². The lowest BCUT2D eigenvalue weighted by Gasteiger charge is -2.42. The van der Waals surface area contributed by atoms with Crippen LogP contribution in [0, 0.1) is 0 Å². The average Bonchev–Trinajstić information content (AvgIpc) is 2.90. The summed E-state index contributed by atoms with van der Waals surface area (Å²) < 4.78 is 17.0. The molecule has 1 heterocycles. The van der Waals surface area contributed by atoms with E-state index in [1.54, 1.807) is 6.92 Å². The van der Waals surface area contributed by atoms with Crippen LogP contribution >= 0.6 is 0 Å². The van der Waals surface area contributed by atoms with Gasteiger partial charge in [0.05, 0.1) is 42.1 Å². The van der Waals surface area contributed by atoms with Crippen LogP contribution in [0.3, 0.4) is 0 Å². The van der Waals surface area contributed by atoms with Gasteiger partial charge in [0.25, 0.3) is 0 Å². The monoisotopic (exact) mass is 543 g/mol. The maximum Gasteiger partial charge on any atom is 0.202 e. The molecular weight excluding hydrogens is 514 g/mol. The van der Waals surface area contributed by atoms with Crippen LogP contribution < -0.4 is 10.5 Å². The van der Waals surface area contributed by atoms with E-state index < -0.39 is 95.7 Å². The molecule has 208 valence electrons. The highest BCUT2D eigenvalue weighted by molar-refractivity contribution is 6.31. The number of rotatable bonds is 5. The third kappa shape index (κ3) is 4.11. The highest BCUT2D eigenvalue weighted by Gasteiger charge is 2.50. The van der Waals surface area contributed by atoms with Crippen molar-refractivity contribution in [2.75, 3.05) is 13.7 Å². The molecule has 2 aliphatic carbocycles. The number of aliphatic hydroxyl groups is 3. The number of ether oxygens (including phenoxy) is 3. The number of phenolic OH excluding ortho intramolecular Hbond substituents is 2. The van der Waals surface area contributed by atoms with Crippen molar-refractivity contribution in [2.24, 2.45) is 5.73 Å². The van der Waals surface area contributed by atoms with Crippen LogP contribution in [0.4, 0.5) is 0 Å². The minimum absolute atomic E-state index is 0.0173. The van der Waals surface area contributed by atoms with E-state index in [0.29, 0.717) is 0 Å². The summed E-state index contributed by atoms with van der Waals surface area (Å²) >= 11 is 0. The van der Waals surface area contributed by atoms with Gasteiger partial charge in [0.15, 0.2) is 17.9 Å². The Morgan fingerprint density at radius 1 is 1.15 bits per heavy atom. The second-order valence-corrected chi connectivity index (χ2v) is 10.2. The van der Waals surface area contributed by atoms with Crippen molar-refractivity contribution in [3.63, 3.8) is 0 Å². The van der Waals surface area contributed by atoms with E-state index in [-0.39, 0.29) is 34.4 Å². The van der Waals surface area contributed by atoms with E-state index in [2.05, 4.69) is 0 Å². The molecule has 6 atom stereocenters. The van der Waals surface area contributed by atoms with Gasteiger partial charge in [-0.25, -0.2) is 0 Å². The van der Waals surface area contributed by atoms with Gasteiger partial charge >= 0.3 is 0 Å². The van der Waals surface area contributed by atoms with Gasteiger partial charge < -0.3 is 45.5 Å². The molecule has 39 heavy (non-hydrogen) atoms. The molecule has 1 fully saturated rings. The number of aromatic hydroxyl groups is 2. The molecule has 0 aromatic heterocycles. The lowest BCUT2D eigenvalue weighted by atomic mass is 9.72. The lowest BCUT2D eigenvalue weighted by molar-refractivity contribution is -0.247. The summed E-state index contributed by atoms with van der Waals surface area (Å²) in [4.78, 5) is 39.7. The number of aliphatic hydroxyl groups excluding tert-OH is 2. The topological polar surface area (TPSA) is 206 Å². The highest BCUT2D eigenvalue weighted by atomic mass is 16.7. The summed E-state index contributed by atoms with van der Waals surface area (Å²) in [6, 6.07) is 3.64. The molecule has 0 spiro atoms. The van der Waals surface area contributed by atoms with Gasteiger partial charge in [0, 0.05) is 42.0 Å². The van der Waals surface area contributed by atoms with Crippen LogP contribution in [-0.4, -0.2) is 86.7 Å². The van der Waals surface area contributed by atoms with Gasteiger partial charge in [0.1, 0.15) is 29.5 Å². The maximum absolute atomic E-state index is 13.6. The van der Waals surface area contributed by atoms with Crippen LogP contribution in [0.15, 0.2) is 18.2 Å². The van der Waals surface area contributed by atoms with E-state index in [4.69, 9.17) is 19.9 Å². The normalized spacial score (nSPS) is 29.8. The van der Waals surface area contributed by atoms with Gasteiger partial charge in [-0.1, -0.05) is 12.1 Å². The lowest BCUT2D eigenvalue weighted by Crippen LogP contribution is -2.53. The number of carbonyl (C=O) groups excluding carboxylic acids is 3. The van der Waals surface area contributed by atoms with Gasteiger partial charge in [-0.05, 0) is 13.0 Å². The average molecular weight is 544 g/mol. The number of Topliss-reactive ketones (excluding diaryl/α,β-unsaturated/α-hetero) is 1. The number of hydrogen-bond acceptors (Lipinski definition) is 12. The molecule has 5 rings (SSSR count). The quantitative estimate of drug-likeness (QED) is 0.235.